The number of aliphatic carboxylic acids is 1. The molecule has 2 N–H and O–H groups in total. The molecule has 26 heavy (non-hydrogen) atoms. The van der Waals surface area contributed by atoms with Gasteiger partial charge in [-0.15, -0.1) is 0 Å². The van der Waals surface area contributed by atoms with Crippen molar-refractivity contribution in [3.63, 3.8) is 0 Å². The molecule has 1 aromatic rings. The van der Waals surface area contributed by atoms with Crippen LogP contribution in [0.4, 0.5) is 13.6 Å². The van der Waals surface area contributed by atoms with Gasteiger partial charge in [0.1, 0.15) is 23.5 Å². The Kier molecular flexibility index (Phi) is 5.58. The second-order valence-corrected chi connectivity index (χ2v) is 6.87. The maximum absolute atomic E-state index is 13.3. The Hall–Kier alpha value is -2.38. The number of nitrogens with zero attached hydrogens (tertiary/aromatic N) is 1. The number of hydrogen-bond acceptors (Lipinski definition) is 3. The third kappa shape index (κ3) is 4.42. The molecule has 1 unspecified atom stereocenters. The third-order valence-corrected chi connectivity index (χ3v) is 4.94. The Morgan fingerprint density at radius 3 is 2.54 bits per heavy atom. The van der Waals surface area contributed by atoms with Crippen molar-refractivity contribution in [2.45, 2.75) is 44.2 Å². The Morgan fingerprint density at radius 1 is 1.12 bits per heavy atom. The van der Waals surface area contributed by atoms with Gasteiger partial charge in [-0.25, -0.2) is 13.6 Å². The molecule has 1 saturated carbocycles. The SMILES string of the molecule is O=C(O)C1CCCN(C(=O)N[C@H]2CCC[C@H]2Oc2cc(F)cc(F)c2)C1. The maximum atomic E-state index is 13.3. The molecular formula is C18H22F2N2O4. The Bertz CT molecular complexity index is 665. The zero-order valence-corrected chi connectivity index (χ0v) is 14.3. The van der Waals surface area contributed by atoms with E-state index in [0.29, 0.717) is 32.2 Å². The minimum Gasteiger partial charge on any atom is -0.488 e. The number of halogens is 2. The normalized spacial score (nSPS) is 25.8. The molecule has 0 radical (unpaired) electrons. The lowest BCUT2D eigenvalue weighted by atomic mass is 9.99. The van der Waals surface area contributed by atoms with Gasteiger partial charge in [-0.05, 0) is 32.1 Å². The van der Waals surface area contributed by atoms with Crippen molar-refractivity contribution in [2.75, 3.05) is 13.1 Å². The van der Waals surface area contributed by atoms with Crippen molar-refractivity contribution < 1.29 is 28.2 Å². The van der Waals surface area contributed by atoms with Crippen LogP contribution in [0.5, 0.6) is 5.75 Å². The van der Waals surface area contributed by atoms with E-state index in [1.807, 2.05) is 0 Å². The van der Waals surface area contributed by atoms with Gasteiger partial charge in [0.2, 0.25) is 0 Å². The number of rotatable bonds is 4. The van der Waals surface area contributed by atoms with Gasteiger partial charge >= 0.3 is 12.0 Å². The van der Waals surface area contributed by atoms with Crippen LogP contribution in [0.3, 0.4) is 0 Å². The summed E-state index contributed by atoms with van der Waals surface area (Å²) in [5.41, 5.74) is 0. The van der Waals surface area contributed by atoms with Crippen molar-refractivity contribution >= 4 is 12.0 Å². The van der Waals surface area contributed by atoms with Gasteiger partial charge in [0, 0.05) is 31.3 Å². The smallest absolute Gasteiger partial charge is 0.317 e. The van der Waals surface area contributed by atoms with Crippen LogP contribution >= 0.6 is 0 Å². The molecule has 2 amide bonds. The monoisotopic (exact) mass is 368 g/mol. The van der Waals surface area contributed by atoms with E-state index in [1.165, 1.54) is 4.90 Å². The zero-order chi connectivity index (χ0) is 18.7. The topological polar surface area (TPSA) is 78.9 Å². The van der Waals surface area contributed by atoms with Gasteiger partial charge in [0.05, 0.1) is 12.0 Å². The predicted molar refractivity (Wildman–Crippen MR) is 88.9 cm³/mol. The number of amides is 2. The molecule has 0 spiro atoms. The van der Waals surface area contributed by atoms with Crippen LogP contribution in [0.15, 0.2) is 18.2 Å². The number of carbonyl (C=O) groups is 2. The fourth-order valence-electron chi connectivity index (χ4n) is 3.62. The van der Waals surface area contributed by atoms with Crippen LogP contribution in [-0.2, 0) is 4.79 Å². The summed E-state index contributed by atoms with van der Waals surface area (Å²) in [5.74, 6) is -2.77. The fourth-order valence-corrected chi connectivity index (χ4v) is 3.62. The van der Waals surface area contributed by atoms with Crippen molar-refractivity contribution in [1.82, 2.24) is 10.2 Å². The molecule has 2 fully saturated rings. The number of carbonyl (C=O) groups excluding carboxylic acids is 1. The maximum Gasteiger partial charge on any atom is 0.317 e. The predicted octanol–water partition coefficient (Wildman–Crippen LogP) is 2.77. The lowest BCUT2D eigenvalue weighted by molar-refractivity contribution is -0.143. The van der Waals surface area contributed by atoms with Crippen LogP contribution < -0.4 is 10.1 Å². The van der Waals surface area contributed by atoms with Crippen LogP contribution in [0.2, 0.25) is 0 Å². The molecule has 3 rings (SSSR count). The molecular weight excluding hydrogens is 346 g/mol. The second kappa shape index (κ2) is 7.88. The van der Waals surface area contributed by atoms with Crippen molar-refractivity contribution in [3.05, 3.63) is 29.8 Å². The lowest BCUT2D eigenvalue weighted by Crippen LogP contribution is -2.52. The average molecular weight is 368 g/mol. The van der Waals surface area contributed by atoms with E-state index in [-0.39, 0.29) is 30.5 Å². The van der Waals surface area contributed by atoms with Gasteiger partial charge in [-0.2, -0.15) is 0 Å². The Balaban J connectivity index is 1.59. The quantitative estimate of drug-likeness (QED) is 0.857. The molecule has 1 aliphatic heterocycles. The van der Waals surface area contributed by atoms with E-state index in [0.717, 1.165) is 24.6 Å². The number of nitrogens with one attached hydrogen (secondary N) is 1. The highest BCUT2D eigenvalue weighted by Gasteiger charge is 2.34. The molecule has 0 bridgehead atoms. The molecule has 1 heterocycles. The number of likely N-dealkylation sites (tertiary alicyclic amines) is 1. The standard InChI is InChI=1S/C18H22F2N2O4/c19-12-7-13(20)9-14(8-12)26-16-5-1-4-15(16)21-18(25)22-6-2-3-11(10-22)17(23)24/h7-9,11,15-16H,1-6,10H2,(H,21,25)(H,23,24)/t11?,15-,16+/m0/s1. The van der Waals surface area contributed by atoms with Crippen molar-refractivity contribution in [3.8, 4) is 5.75 Å². The van der Waals surface area contributed by atoms with Crippen LogP contribution in [0.1, 0.15) is 32.1 Å². The summed E-state index contributed by atoms with van der Waals surface area (Å²) in [7, 11) is 0. The minimum absolute atomic E-state index is 0.0950. The molecule has 3 atom stereocenters. The lowest BCUT2D eigenvalue weighted by Gasteiger charge is -2.32. The number of carboxylic acids is 1. The molecule has 1 aromatic carbocycles. The number of ether oxygens (including phenoxy) is 1. The molecule has 1 aliphatic carbocycles. The molecule has 0 aromatic heterocycles. The van der Waals surface area contributed by atoms with E-state index in [1.54, 1.807) is 0 Å². The average Bonchev–Trinajstić information content (AvgIpc) is 3.00. The number of urea groups is 1. The summed E-state index contributed by atoms with van der Waals surface area (Å²) in [6.07, 6.45) is 3.04. The summed E-state index contributed by atoms with van der Waals surface area (Å²) < 4.78 is 32.3. The number of carboxylic acid groups (broad SMARTS) is 1. The largest absolute Gasteiger partial charge is 0.488 e. The first-order valence-electron chi connectivity index (χ1n) is 8.83. The van der Waals surface area contributed by atoms with Gasteiger partial charge in [0.15, 0.2) is 0 Å². The number of hydrogen-bond donors (Lipinski definition) is 2. The minimum atomic E-state index is -0.891. The highest BCUT2D eigenvalue weighted by molar-refractivity contribution is 5.76. The molecule has 8 heteroatoms. The van der Waals surface area contributed by atoms with Gasteiger partial charge in [-0.1, -0.05) is 0 Å². The summed E-state index contributed by atoms with van der Waals surface area (Å²) >= 11 is 0. The Morgan fingerprint density at radius 2 is 1.85 bits per heavy atom. The Labute approximate surface area is 150 Å². The molecule has 2 aliphatic rings. The second-order valence-electron chi connectivity index (χ2n) is 6.87. The van der Waals surface area contributed by atoms with Gasteiger partial charge in [0.25, 0.3) is 0 Å². The van der Waals surface area contributed by atoms with Crippen molar-refractivity contribution in [1.29, 1.82) is 0 Å². The first kappa shape index (κ1) is 18.4. The molecule has 6 nitrogen and oxygen atoms in total. The van der Waals surface area contributed by atoms with Gasteiger partial charge in [-0.3, -0.25) is 4.79 Å². The molecule has 142 valence electrons. The van der Waals surface area contributed by atoms with Crippen LogP contribution in [0.25, 0.3) is 0 Å². The van der Waals surface area contributed by atoms with Crippen molar-refractivity contribution in [2.24, 2.45) is 5.92 Å². The van der Waals surface area contributed by atoms with E-state index >= 15 is 0 Å². The van der Waals surface area contributed by atoms with E-state index in [4.69, 9.17) is 9.84 Å². The van der Waals surface area contributed by atoms with E-state index < -0.39 is 23.5 Å². The summed E-state index contributed by atoms with van der Waals surface area (Å²) in [6.45, 7) is 0.706. The first-order chi connectivity index (χ1) is 12.4. The van der Waals surface area contributed by atoms with Crippen LogP contribution in [0, 0.1) is 17.6 Å². The summed E-state index contributed by atoms with van der Waals surface area (Å²) in [4.78, 5) is 25.1. The first-order valence-corrected chi connectivity index (χ1v) is 8.83. The highest BCUT2D eigenvalue weighted by Crippen LogP contribution is 2.26. The number of benzene rings is 1. The van der Waals surface area contributed by atoms with E-state index in [9.17, 15) is 18.4 Å². The summed E-state index contributed by atoms with van der Waals surface area (Å²) in [5, 5.41) is 12.0. The fraction of sp³-hybridized carbons (Fsp3) is 0.556. The van der Waals surface area contributed by atoms with Gasteiger partial charge < -0.3 is 20.1 Å². The molecule has 1 saturated heterocycles. The summed E-state index contributed by atoms with van der Waals surface area (Å²) in [6, 6.07) is 2.40. The van der Waals surface area contributed by atoms with Crippen LogP contribution in [-0.4, -0.2) is 47.2 Å². The zero-order valence-electron chi connectivity index (χ0n) is 14.3. The third-order valence-electron chi connectivity index (χ3n) is 4.94. The number of piperidine rings is 1. The highest BCUT2D eigenvalue weighted by atomic mass is 19.1. The van der Waals surface area contributed by atoms with E-state index in [2.05, 4.69) is 5.32 Å².